The Labute approximate surface area is 211 Å². The van der Waals surface area contributed by atoms with Crippen LogP contribution in [0.3, 0.4) is 0 Å². The van der Waals surface area contributed by atoms with Crippen LogP contribution in [0.5, 0.6) is 11.5 Å². The lowest BCUT2D eigenvalue weighted by atomic mass is 9.95. The van der Waals surface area contributed by atoms with Gasteiger partial charge in [-0.15, -0.1) is 0 Å². The van der Waals surface area contributed by atoms with E-state index in [2.05, 4.69) is 0 Å². The molecule has 3 aromatic carbocycles. The summed E-state index contributed by atoms with van der Waals surface area (Å²) in [5.74, 6) is -0.527. The van der Waals surface area contributed by atoms with Gasteiger partial charge in [-0.25, -0.2) is 0 Å². The summed E-state index contributed by atoms with van der Waals surface area (Å²) in [6.45, 7) is 1.25. The Bertz CT molecular complexity index is 1260. The quantitative estimate of drug-likeness (QED) is 0.277. The average Bonchev–Trinajstić information content (AvgIpc) is 3.16. The molecule has 36 heavy (non-hydrogen) atoms. The average molecular weight is 487 g/mol. The molecule has 1 aliphatic rings. The predicted octanol–water partition coefficient (Wildman–Crippen LogP) is 4.26. The number of amides is 1. The van der Waals surface area contributed by atoms with Gasteiger partial charge in [0.1, 0.15) is 12.4 Å². The van der Waals surface area contributed by atoms with Crippen molar-refractivity contribution in [2.24, 2.45) is 0 Å². The lowest BCUT2D eigenvalue weighted by Crippen LogP contribution is -2.35. The number of ketones is 1. The van der Waals surface area contributed by atoms with E-state index in [1.165, 1.54) is 4.90 Å². The summed E-state index contributed by atoms with van der Waals surface area (Å²) in [6.07, 6.45) is 0. The highest BCUT2D eigenvalue weighted by molar-refractivity contribution is 6.46. The number of carbonyl (C=O) groups is 2. The fraction of sp³-hybridized carbons (Fsp3) is 0.241. The van der Waals surface area contributed by atoms with Gasteiger partial charge < -0.3 is 24.4 Å². The number of aliphatic hydroxyl groups is 1. The van der Waals surface area contributed by atoms with E-state index in [1.54, 1.807) is 49.6 Å². The van der Waals surface area contributed by atoms with E-state index in [9.17, 15) is 14.7 Å². The summed E-state index contributed by atoms with van der Waals surface area (Å²) in [7, 11) is 5.34. The summed E-state index contributed by atoms with van der Waals surface area (Å²) in [5.41, 5.74) is 2.20. The number of carbonyl (C=O) groups excluding carboxylic acids is 2. The zero-order valence-corrected chi connectivity index (χ0v) is 20.7. The number of rotatable bonds is 9. The molecule has 0 bridgehead atoms. The second kappa shape index (κ2) is 11.1. The Kier molecular flexibility index (Phi) is 7.71. The molecule has 0 saturated carbocycles. The van der Waals surface area contributed by atoms with Crippen LogP contribution < -0.4 is 9.47 Å². The maximum absolute atomic E-state index is 13.2. The highest BCUT2D eigenvalue weighted by Crippen LogP contribution is 2.42. The van der Waals surface area contributed by atoms with Gasteiger partial charge in [0.2, 0.25) is 0 Å². The Morgan fingerprint density at radius 3 is 2.25 bits per heavy atom. The van der Waals surface area contributed by atoms with Gasteiger partial charge in [-0.1, -0.05) is 66.7 Å². The van der Waals surface area contributed by atoms with Crippen molar-refractivity contribution in [1.82, 2.24) is 9.80 Å². The molecule has 1 unspecified atom stereocenters. The summed E-state index contributed by atoms with van der Waals surface area (Å²) in [6, 6.07) is 23.1. The number of likely N-dealkylation sites (N-methyl/N-ethyl adjacent to an activating group) is 1. The maximum atomic E-state index is 13.2. The van der Waals surface area contributed by atoms with Gasteiger partial charge >= 0.3 is 0 Å². The SMILES string of the molecule is COc1cc(C2/C(=C(\O)c3ccccc3)C(=O)C(=O)N2CCN(C)C)ccc1OCc1ccccc1. The standard InChI is InChI=1S/C29H30N2O5/c1-30(2)16-17-31-26(25(28(33)29(31)34)27(32)21-12-8-5-9-13-21)22-14-15-23(24(18-22)35-3)36-19-20-10-6-4-7-11-20/h4-15,18,26,32H,16-17,19H2,1-3H3/b27-25+. The zero-order valence-electron chi connectivity index (χ0n) is 20.7. The first-order valence-electron chi connectivity index (χ1n) is 11.7. The maximum Gasteiger partial charge on any atom is 0.295 e. The third-order valence-electron chi connectivity index (χ3n) is 6.12. The Morgan fingerprint density at radius 1 is 0.944 bits per heavy atom. The van der Waals surface area contributed by atoms with Crippen LogP contribution in [-0.4, -0.2) is 60.9 Å². The molecule has 0 radical (unpaired) electrons. The van der Waals surface area contributed by atoms with Crippen LogP contribution in [0.4, 0.5) is 0 Å². The number of aliphatic hydroxyl groups excluding tert-OH is 1. The normalized spacial score (nSPS) is 17.0. The lowest BCUT2D eigenvalue weighted by Gasteiger charge is -2.27. The Hall–Kier alpha value is -4.10. The van der Waals surface area contributed by atoms with Crippen LogP contribution in [0.15, 0.2) is 84.4 Å². The van der Waals surface area contributed by atoms with Crippen molar-refractivity contribution in [3.05, 3.63) is 101 Å². The Balaban J connectivity index is 1.74. The van der Waals surface area contributed by atoms with Crippen LogP contribution in [0, 0.1) is 0 Å². The fourth-order valence-electron chi connectivity index (χ4n) is 4.23. The number of benzene rings is 3. The molecular formula is C29H30N2O5. The van der Waals surface area contributed by atoms with E-state index in [-0.39, 0.29) is 11.3 Å². The van der Waals surface area contributed by atoms with Crippen molar-refractivity contribution in [2.45, 2.75) is 12.6 Å². The van der Waals surface area contributed by atoms with Crippen molar-refractivity contribution in [3.8, 4) is 11.5 Å². The second-order valence-corrected chi connectivity index (χ2v) is 8.85. The zero-order chi connectivity index (χ0) is 25.7. The van der Waals surface area contributed by atoms with Crippen molar-refractivity contribution >= 4 is 17.4 Å². The van der Waals surface area contributed by atoms with Gasteiger partial charge in [-0.05, 0) is 37.4 Å². The minimum atomic E-state index is -0.762. The first kappa shape index (κ1) is 25.0. The van der Waals surface area contributed by atoms with Gasteiger partial charge in [0.15, 0.2) is 11.5 Å². The van der Waals surface area contributed by atoms with Crippen LogP contribution in [0.25, 0.3) is 5.76 Å². The molecule has 7 heteroatoms. The Morgan fingerprint density at radius 2 is 1.61 bits per heavy atom. The molecule has 186 valence electrons. The highest BCUT2D eigenvalue weighted by Gasteiger charge is 2.46. The van der Waals surface area contributed by atoms with E-state index < -0.39 is 17.7 Å². The second-order valence-electron chi connectivity index (χ2n) is 8.85. The van der Waals surface area contributed by atoms with Crippen LogP contribution in [-0.2, 0) is 16.2 Å². The molecule has 7 nitrogen and oxygen atoms in total. The van der Waals surface area contributed by atoms with E-state index in [0.717, 1.165) is 5.56 Å². The third-order valence-corrected chi connectivity index (χ3v) is 6.12. The summed E-state index contributed by atoms with van der Waals surface area (Å²) in [4.78, 5) is 29.7. The van der Waals surface area contributed by atoms with E-state index >= 15 is 0 Å². The van der Waals surface area contributed by atoms with Gasteiger partial charge in [0.05, 0.1) is 18.7 Å². The van der Waals surface area contributed by atoms with Gasteiger partial charge in [-0.2, -0.15) is 0 Å². The number of methoxy groups -OCH3 is 1. The van der Waals surface area contributed by atoms with Crippen LogP contribution in [0.2, 0.25) is 0 Å². The molecule has 1 fully saturated rings. The summed E-state index contributed by atoms with van der Waals surface area (Å²) in [5, 5.41) is 11.1. The predicted molar refractivity (Wildman–Crippen MR) is 138 cm³/mol. The fourth-order valence-corrected chi connectivity index (χ4v) is 4.23. The number of hydrogen-bond acceptors (Lipinski definition) is 6. The van der Waals surface area contributed by atoms with E-state index in [0.29, 0.717) is 42.3 Å². The monoisotopic (exact) mass is 486 g/mol. The van der Waals surface area contributed by atoms with Gasteiger partial charge in [0, 0.05) is 18.7 Å². The highest BCUT2D eigenvalue weighted by atomic mass is 16.5. The lowest BCUT2D eigenvalue weighted by molar-refractivity contribution is -0.140. The van der Waals surface area contributed by atoms with Crippen molar-refractivity contribution in [1.29, 1.82) is 0 Å². The first-order chi connectivity index (χ1) is 17.4. The van der Waals surface area contributed by atoms with Crippen molar-refractivity contribution in [3.63, 3.8) is 0 Å². The molecule has 0 spiro atoms. The molecule has 4 rings (SSSR count). The molecule has 0 aliphatic carbocycles. The summed E-state index contributed by atoms with van der Waals surface area (Å²) < 4.78 is 11.6. The molecule has 1 atom stereocenters. The first-order valence-corrected chi connectivity index (χ1v) is 11.7. The summed E-state index contributed by atoms with van der Waals surface area (Å²) >= 11 is 0. The number of Topliss-reactive ketones (excluding diaryl/α,β-unsaturated/α-hetero) is 1. The van der Waals surface area contributed by atoms with Gasteiger partial charge in [0.25, 0.3) is 11.7 Å². The van der Waals surface area contributed by atoms with Crippen LogP contribution in [0.1, 0.15) is 22.7 Å². The molecule has 1 aliphatic heterocycles. The van der Waals surface area contributed by atoms with Crippen LogP contribution >= 0.6 is 0 Å². The van der Waals surface area contributed by atoms with Gasteiger partial charge in [-0.3, -0.25) is 9.59 Å². The van der Waals surface area contributed by atoms with Crippen molar-refractivity contribution in [2.75, 3.05) is 34.3 Å². The molecular weight excluding hydrogens is 456 g/mol. The number of ether oxygens (including phenoxy) is 2. The minimum absolute atomic E-state index is 0.0602. The topological polar surface area (TPSA) is 79.3 Å². The van der Waals surface area contributed by atoms with Crippen molar-refractivity contribution < 1.29 is 24.2 Å². The molecule has 1 saturated heterocycles. The number of likely N-dealkylation sites (tertiary alicyclic amines) is 1. The molecule has 3 aromatic rings. The van der Waals surface area contributed by atoms with E-state index in [4.69, 9.17) is 9.47 Å². The number of nitrogens with zero attached hydrogens (tertiary/aromatic N) is 2. The molecule has 1 N–H and O–H groups in total. The van der Waals surface area contributed by atoms with E-state index in [1.807, 2.05) is 55.4 Å². The molecule has 1 heterocycles. The number of hydrogen-bond donors (Lipinski definition) is 1. The molecule has 0 aromatic heterocycles. The third kappa shape index (κ3) is 5.26. The smallest absolute Gasteiger partial charge is 0.295 e. The molecule has 1 amide bonds. The largest absolute Gasteiger partial charge is 0.507 e. The minimum Gasteiger partial charge on any atom is -0.507 e.